The van der Waals surface area contributed by atoms with E-state index in [2.05, 4.69) is 0 Å². The third-order valence-electron chi connectivity index (χ3n) is 4.39. The summed E-state index contributed by atoms with van der Waals surface area (Å²) in [5.74, 6) is 0. The van der Waals surface area contributed by atoms with E-state index in [1.807, 2.05) is 0 Å². The molecule has 20 heavy (non-hydrogen) atoms. The van der Waals surface area contributed by atoms with Gasteiger partial charge in [0.2, 0.25) is 0 Å². The molecule has 0 heterocycles. The van der Waals surface area contributed by atoms with E-state index in [1.54, 1.807) is 6.92 Å². The van der Waals surface area contributed by atoms with E-state index in [1.165, 1.54) is 12.8 Å². The maximum absolute atomic E-state index is 13.0. The number of hydrogen-bond acceptors (Lipinski definition) is 4. The van der Waals surface area contributed by atoms with Gasteiger partial charge in [-0.15, -0.1) is 0 Å². The SMILES string of the molecule is CC(C=O)P(=O)(OC1CCCCC1)OC1CCCCC1. The molecule has 0 N–H and O–H groups in total. The van der Waals surface area contributed by atoms with Crippen LogP contribution in [0.25, 0.3) is 0 Å². The molecule has 0 aromatic rings. The molecule has 5 heteroatoms. The average molecular weight is 302 g/mol. The minimum atomic E-state index is -3.32. The van der Waals surface area contributed by atoms with Gasteiger partial charge in [-0.2, -0.15) is 0 Å². The van der Waals surface area contributed by atoms with Gasteiger partial charge in [-0.3, -0.25) is 4.57 Å². The fraction of sp³-hybridized carbons (Fsp3) is 0.933. The largest absolute Gasteiger partial charge is 0.341 e. The predicted molar refractivity (Wildman–Crippen MR) is 79.0 cm³/mol. The highest BCUT2D eigenvalue weighted by Gasteiger charge is 2.38. The first kappa shape index (κ1) is 16.2. The molecule has 0 aromatic carbocycles. The molecular formula is C15H27O4P. The Morgan fingerprint density at radius 1 is 0.900 bits per heavy atom. The van der Waals surface area contributed by atoms with Crippen LogP contribution in [-0.2, 0) is 18.4 Å². The molecule has 2 aliphatic carbocycles. The summed E-state index contributed by atoms with van der Waals surface area (Å²) in [4.78, 5) is 11.1. The zero-order valence-electron chi connectivity index (χ0n) is 12.5. The molecular weight excluding hydrogens is 275 g/mol. The Kier molecular flexibility index (Phi) is 6.25. The van der Waals surface area contributed by atoms with Crippen molar-refractivity contribution in [2.24, 2.45) is 0 Å². The molecule has 1 unspecified atom stereocenters. The quantitative estimate of drug-likeness (QED) is 0.536. The number of aldehydes is 1. The molecule has 2 aliphatic rings. The fourth-order valence-electron chi connectivity index (χ4n) is 3.05. The number of carbonyl (C=O) groups excluding carboxylic acids is 1. The zero-order chi connectivity index (χ0) is 14.4. The van der Waals surface area contributed by atoms with E-state index in [-0.39, 0.29) is 12.2 Å². The molecule has 0 aliphatic heterocycles. The second-order valence-electron chi connectivity index (χ2n) is 6.15. The minimum absolute atomic E-state index is 0.000531. The van der Waals surface area contributed by atoms with Crippen molar-refractivity contribution in [1.82, 2.24) is 0 Å². The summed E-state index contributed by atoms with van der Waals surface area (Å²) >= 11 is 0. The first-order valence-electron chi connectivity index (χ1n) is 8.06. The lowest BCUT2D eigenvalue weighted by Gasteiger charge is -2.32. The molecule has 0 radical (unpaired) electrons. The van der Waals surface area contributed by atoms with Crippen molar-refractivity contribution >= 4 is 13.9 Å². The fourth-order valence-corrected chi connectivity index (χ4v) is 4.88. The summed E-state index contributed by atoms with van der Waals surface area (Å²) in [5.41, 5.74) is -0.661. The number of carbonyl (C=O) groups is 1. The lowest BCUT2D eigenvalue weighted by atomic mass is 9.98. The standard InChI is InChI=1S/C15H27O4P/c1-13(12-16)20(17,18-14-8-4-2-5-9-14)19-15-10-6-3-7-11-15/h12-15H,2-11H2,1H3. The smallest absolute Gasteiger partial charge is 0.305 e. The van der Waals surface area contributed by atoms with Gasteiger partial charge in [-0.05, 0) is 32.6 Å². The Hall–Kier alpha value is -0.180. The molecule has 0 saturated heterocycles. The van der Waals surface area contributed by atoms with Crippen molar-refractivity contribution in [3.63, 3.8) is 0 Å². The van der Waals surface area contributed by atoms with Crippen LogP contribution in [0.5, 0.6) is 0 Å². The van der Waals surface area contributed by atoms with Gasteiger partial charge in [0.05, 0.1) is 12.2 Å². The highest BCUT2D eigenvalue weighted by atomic mass is 31.2. The van der Waals surface area contributed by atoms with Gasteiger partial charge >= 0.3 is 7.60 Å². The Bertz CT molecular complexity index is 322. The summed E-state index contributed by atoms with van der Waals surface area (Å²) in [6.45, 7) is 1.65. The summed E-state index contributed by atoms with van der Waals surface area (Å²) < 4.78 is 24.7. The molecule has 116 valence electrons. The monoisotopic (exact) mass is 302 g/mol. The van der Waals surface area contributed by atoms with Crippen molar-refractivity contribution in [2.75, 3.05) is 0 Å². The van der Waals surface area contributed by atoms with Crippen molar-refractivity contribution in [2.45, 2.75) is 89.0 Å². The van der Waals surface area contributed by atoms with E-state index >= 15 is 0 Å². The Labute approximate surface area is 122 Å². The third-order valence-corrected chi connectivity index (χ3v) is 6.70. The van der Waals surface area contributed by atoms with Gasteiger partial charge in [0, 0.05) is 0 Å². The van der Waals surface area contributed by atoms with Gasteiger partial charge in [0.1, 0.15) is 11.9 Å². The number of hydrogen-bond donors (Lipinski definition) is 0. The van der Waals surface area contributed by atoms with Gasteiger partial charge in [0.15, 0.2) is 0 Å². The molecule has 2 saturated carbocycles. The zero-order valence-corrected chi connectivity index (χ0v) is 13.4. The molecule has 1 atom stereocenters. The second kappa shape index (κ2) is 7.72. The maximum atomic E-state index is 13.0. The third kappa shape index (κ3) is 4.41. The van der Waals surface area contributed by atoms with Crippen LogP contribution in [0.15, 0.2) is 0 Å². The lowest BCUT2D eigenvalue weighted by molar-refractivity contribution is -0.107. The summed E-state index contributed by atoms with van der Waals surface area (Å²) in [6, 6.07) is 0. The Balaban J connectivity index is 1.99. The molecule has 2 rings (SSSR count). The normalized spacial score (nSPS) is 24.4. The molecule has 4 nitrogen and oxygen atoms in total. The van der Waals surface area contributed by atoms with Crippen LogP contribution in [0.4, 0.5) is 0 Å². The number of rotatable bonds is 6. The van der Waals surface area contributed by atoms with Crippen LogP contribution in [0.2, 0.25) is 0 Å². The van der Waals surface area contributed by atoms with E-state index < -0.39 is 13.3 Å². The van der Waals surface area contributed by atoms with Crippen LogP contribution >= 0.6 is 7.60 Å². The van der Waals surface area contributed by atoms with E-state index in [4.69, 9.17) is 9.05 Å². The predicted octanol–water partition coefficient (Wildman–Crippen LogP) is 4.47. The first-order valence-corrected chi connectivity index (χ1v) is 9.67. The van der Waals surface area contributed by atoms with Gasteiger partial charge in [-0.25, -0.2) is 0 Å². The summed E-state index contributed by atoms with van der Waals surface area (Å²) in [7, 11) is -3.32. The van der Waals surface area contributed by atoms with Crippen molar-refractivity contribution in [1.29, 1.82) is 0 Å². The second-order valence-corrected chi connectivity index (χ2v) is 8.46. The van der Waals surface area contributed by atoms with Crippen molar-refractivity contribution in [3.05, 3.63) is 0 Å². The Morgan fingerprint density at radius 3 is 1.65 bits per heavy atom. The van der Waals surface area contributed by atoms with Gasteiger partial charge < -0.3 is 13.8 Å². The maximum Gasteiger partial charge on any atom is 0.341 e. The first-order chi connectivity index (χ1) is 9.64. The molecule has 0 amide bonds. The average Bonchev–Trinajstić information content (AvgIpc) is 2.48. The Morgan fingerprint density at radius 2 is 1.30 bits per heavy atom. The van der Waals surface area contributed by atoms with Crippen LogP contribution < -0.4 is 0 Å². The van der Waals surface area contributed by atoms with Crippen molar-refractivity contribution < 1.29 is 18.4 Å². The van der Waals surface area contributed by atoms with E-state index in [0.717, 1.165) is 51.4 Å². The summed E-state index contributed by atoms with van der Waals surface area (Å²) in [6.07, 6.45) is 11.3. The van der Waals surface area contributed by atoms with Crippen LogP contribution in [0.3, 0.4) is 0 Å². The topological polar surface area (TPSA) is 52.6 Å². The van der Waals surface area contributed by atoms with Crippen LogP contribution in [0, 0.1) is 0 Å². The lowest BCUT2D eigenvalue weighted by Crippen LogP contribution is -2.24. The van der Waals surface area contributed by atoms with Crippen LogP contribution in [-0.4, -0.2) is 24.2 Å². The van der Waals surface area contributed by atoms with E-state index in [0.29, 0.717) is 6.29 Å². The minimum Gasteiger partial charge on any atom is -0.305 e. The molecule has 0 bridgehead atoms. The molecule has 0 spiro atoms. The molecule has 2 fully saturated rings. The van der Waals surface area contributed by atoms with Crippen molar-refractivity contribution in [3.8, 4) is 0 Å². The van der Waals surface area contributed by atoms with Crippen LogP contribution in [0.1, 0.15) is 71.1 Å². The highest BCUT2D eigenvalue weighted by molar-refractivity contribution is 7.55. The van der Waals surface area contributed by atoms with Gasteiger partial charge in [-0.1, -0.05) is 38.5 Å². The summed E-state index contributed by atoms with van der Waals surface area (Å²) in [5, 5.41) is 0. The van der Waals surface area contributed by atoms with E-state index in [9.17, 15) is 9.36 Å². The van der Waals surface area contributed by atoms with Gasteiger partial charge in [0.25, 0.3) is 0 Å². The highest BCUT2D eigenvalue weighted by Crippen LogP contribution is 2.56. The molecule has 0 aromatic heterocycles.